The van der Waals surface area contributed by atoms with Crippen LogP contribution in [0.4, 0.5) is 0 Å². The number of halogens is 1. The standard InChI is InChI=1S/C18H21ClO/c1-13-3-4-14(2)17(9-13)11-16(12-20)10-15-5-7-18(19)8-6-15/h3-9,16,20H,10-12H2,1-2H3. The first-order chi connectivity index (χ1) is 9.58. The highest BCUT2D eigenvalue weighted by atomic mass is 35.5. The van der Waals surface area contributed by atoms with Crippen LogP contribution in [0.5, 0.6) is 0 Å². The molecule has 0 aromatic heterocycles. The average molecular weight is 289 g/mol. The molecule has 0 saturated carbocycles. The predicted octanol–water partition coefficient (Wildman–Crippen LogP) is 4.35. The van der Waals surface area contributed by atoms with E-state index in [1.54, 1.807) is 0 Å². The number of benzene rings is 2. The fourth-order valence-corrected chi connectivity index (χ4v) is 2.61. The van der Waals surface area contributed by atoms with Crippen LogP contribution in [0.1, 0.15) is 22.3 Å². The Hall–Kier alpha value is -1.31. The largest absolute Gasteiger partial charge is 0.396 e. The van der Waals surface area contributed by atoms with Crippen LogP contribution in [-0.4, -0.2) is 11.7 Å². The van der Waals surface area contributed by atoms with Gasteiger partial charge in [-0.2, -0.15) is 0 Å². The summed E-state index contributed by atoms with van der Waals surface area (Å²) in [5, 5.41) is 10.4. The fourth-order valence-electron chi connectivity index (χ4n) is 2.49. The van der Waals surface area contributed by atoms with Crippen LogP contribution in [0.3, 0.4) is 0 Å². The third kappa shape index (κ3) is 4.09. The zero-order valence-electron chi connectivity index (χ0n) is 12.1. The SMILES string of the molecule is Cc1ccc(C)c(CC(CO)Cc2ccc(Cl)cc2)c1. The molecule has 2 aromatic carbocycles. The highest BCUT2D eigenvalue weighted by Gasteiger charge is 2.11. The van der Waals surface area contributed by atoms with Crippen molar-refractivity contribution in [1.82, 2.24) is 0 Å². The molecule has 1 unspecified atom stereocenters. The summed E-state index contributed by atoms with van der Waals surface area (Å²) in [6, 6.07) is 14.4. The molecule has 0 radical (unpaired) electrons. The molecule has 0 aliphatic heterocycles. The first-order valence-electron chi connectivity index (χ1n) is 7.00. The smallest absolute Gasteiger partial charge is 0.0465 e. The molecule has 0 heterocycles. The maximum Gasteiger partial charge on any atom is 0.0465 e. The van der Waals surface area contributed by atoms with Crippen molar-refractivity contribution in [1.29, 1.82) is 0 Å². The number of aryl methyl sites for hydroxylation is 2. The van der Waals surface area contributed by atoms with Crippen molar-refractivity contribution in [2.45, 2.75) is 26.7 Å². The van der Waals surface area contributed by atoms with E-state index < -0.39 is 0 Å². The third-order valence-corrected chi connectivity index (χ3v) is 3.96. The van der Waals surface area contributed by atoms with Crippen molar-refractivity contribution >= 4 is 11.6 Å². The lowest BCUT2D eigenvalue weighted by atomic mass is 9.90. The van der Waals surface area contributed by atoms with E-state index in [1.165, 1.54) is 22.3 Å². The van der Waals surface area contributed by atoms with E-state index in [2.05, 4.69) is 32.0 Å². The van der Waals surface area contributed by atoms with Gasteiger partial charge < -0.3 is 5.11 Å². The van der Waals surface area contributed by atoms with Crippen LogP contribution >= 0.6 is 11.6 Å². The summed E-state index contributed by atoms with van der Waals surface area (Å²) in [4.78, 5) is 0. The van der Waals surface area contributed by atoms with Gasteiger partial charge in [0.1, 0.15) is 0 Å². The van der Waals surface area contributed by atoms with Gasteiger partial charge in [-0.1, -0.05) is 47.5 Å². The monoisotopic (exact) mass is 288 g/mol. The molecule has 0 saturated heterocycles. The lowest BCUT2D eigenvalue weighted by molar-refractivity contribution is 0.225. The quantitative estimate of drug-likeness (QED) is 0.867. The van der Waals surface area contributed by atoms with E-state index in [0.29, 0.717) is 0 Å². The Kier molecular flexibility index (Phi) is 5.22. The van der Waals surface area contributed by atoms with Gasteiger partial charge in [0.25, 0.3) is 0 Å². The second kappa shape index (κ2) is 6.92. The Balaban J connectivity index is 2.08. The van der Waals surface area contributed by atoms with E-state index in [-0.39, 0.29) is 12.5 Å². The minimum atomic E-state index is 0.204. The number of hydrogen-bond donors (Lipinski definition) is 1. The van der Waals surface area contributed by atoms with Crippen LogP contribution in [0.2, 0.25) is 5.02 Å². The fraction of sp³-hybridized carbons (Fsp3) is 0.333. The van der Waals surface area contributed by atoms with Gasteiger partial charge in [0.15, 0.2) is 0 Å². The van der Waals surface area contributed by atoms with Gasteiger partial charge in [-0.3, -0.25) is 0 Å². The highest BCUT2D eigenvalue weighted by molar-refractivity contribution is 6.30. The Labute approximate surface area is 126 Å². The summed E-state index contributed by atoms with van der Waals surface area (Å²) in [6.07, 6.45) is 1.79. The number of hydrogen-bond acceptors (Lipinski definition) is 1. The van der Waals surface area contributed by atoms with Gasteiger partial charge in [-0.15, -0.1) is 0 Å². The zero-order chi connectivity index (χ0) is 14.5. The number of rotatable bonds is 5. The molecular weight excluding hydrogens is 268 g/mol. The molecule has 0 spiro atoms. The molecule has 0 aliphatic carbocycles. The van der Waals surface area contributed by atoms with Crippen molar-refractivity contribution in [3.8, 4) is 0 Å². The van der Waals surface area contributed by atoms with E-state index in [1.807, 2.05) is 24.3 Å². The van der Waals surface area contributed by atoms with Crippen molar-refractivity contribution in [2.75, 3.05) is 6.61 Å². The summed E-state index contributed by atoms with van der Waals surface area (Å²) < 4.78 is 0. The molecule has 0 fully saturated rings. The Morgan fingerprint density at radius 1 is 1.00 bits per heavy atom. The Morgan fingerprint density at radius 3 is 2.35 bits per heavy atom. The van der Waals surface area contributed by atoms with Crippen molar-refractivity contribution in [3.63, 3.8) is 0 Å². The van der Waals surface area contributed by atoms with Crippen LogP contribution in [0, 0.1) is 19.8 Å². The average Bonchev–Trinajstić information content (AvgIpc) is 2.44. The van der Waals surface area contributed by atoms with Crippen LogP contribution in [0.25, 0.3) is 0 Å². The Morgan fingerprint density at radius 2 is 1.70 bits per heavy atom. The van der Waals surface area contributed by atoms with E-state index in [9.17, 15) is 5.11 Å². The molecule has 1 atom stereocenters. The molecule has 0 aliphatic rings. The van der Waals surface area contributed by atoms with Gasteiger partial charge in [0.2, 0.25) is 0 Å². The summed E-state index contributed by atoms with van der Waals surface area (Å²) >= 11 is 5.90. The van der Waals surface area contributed by atoms with Gasteiger partial charge in [-0.25, -0.2) is 0 Å². The molecule has 1 N–H and O–H groups in total. The lowest BCUT2D eigenvalue weighted by Crippen LogP contribution is -2.13. The molecular formula is C18H21ClO. The van der Waals surface area contributed by atoms with Crippen molar-refractivity contribution in [2.24, 2.45) is 5.92 Å². The zero-order valence-corrected chi connectivity index (χ0v) is 12.8. The minimum Gasteiger partial charge on any atom is -0.396 e. The second-order valence-electron chi connectivity index (χ2n) is 5.51. The molecule has 2 rings (SSSR count). The molecule has 0 amide bonds. The third-order valence-electron chi connectivity index (χ3n) is 3.71. The summed E-state index contributed by atoms with van der Waals surface area (Å²) in [7, 11) is 0. The number of aliphatic hydroxyl groups excluding tert-OH is 1. The van der Waals surface area contributed by atoms with E-state index in [0.717, 1.165) is 17.9 Å². The van der Waals surface area contributed by atoms with Crippen molar-refractivity contribution < 1.29 is 5.11 Å². The summed E-state index contributed by atoms with van der Waals surface area (Å²) in [5.41, 5.74) is 5.12. The van der Waals surface area contributed by atoms with Crippen LogP contribution in [0.15, 0.2) is 42.5 Å². The molecule has 20 heavy (non-hydrogen) atoms. The van der Waals surface area contributed by atoms with Crippen LogP contribution in [-0.2, 0) is 12.8 Å². The topological polar surface area (TPSA) is 20.2 Å². The summed E-state index contributed by atoms with van der Waals surface area (Å²) in [5.74, 6) is 0.247. The first kappa shape index (κ1) is 15.1. The van der Waals surface area contributed by atoms with Gasteiger partial charge in [0.05, 0.1) is 0 Å². The van der Waals surface area contributed by atoms with Gasteiger partial charge in [0, 0.05) is 11.6 Å². The maximum absolute atomic E-state index is 9.64. The second-order valence-corrected chi connectivity index (χ2v) is 5.95. The minimum absolute atomic E-state index is 0.204. The summed E-state index contributed by atoms with van der Waals surface area (Å²) in [6.45, 7) is 4.44. The van der Waals surface area contributed by atoms with Gasteiger partial charge in [-0.05, 0) is 61.4 Å². The molecule has 1 nitrogen and oxygen atoms in total. The van der Waals surface area contributed by atoms with Crippen molar-refractivity contribution in [3.05, 3.63) is 69.7 Å². The first-order valence-corrected chi connectivity index (χ1v) is 7.37. The number of aliphatic hydroxyl groups is 1. The lowest BCUT2D eigenvalue weighted by Gasteiger charge is -2.16. The van der Waals surface area contributed by atoms with E-state index >= 15 is 0 Å². The molecule has 2 aromatic rings. The molecule has 0 bridgehead atoms. The highest BCUT2D eigenvalue weighted by Crippen LogP contribution is 2.19. The predicted molar refractivity (Wildman–Crippen MR) is 85.4 cm³/mol. The maximum atomic E-state index is 9.64. The molecule has 2 heteroatoms. The van der Waals surface area contributed by atoms with Gasteiger partial charge >= 0.3 is 0 Å². The van der Waals surface area contributed by atoms with E-state index in [4.69, 9.17) is 11.6 Å². The van der Waals surface area contributed by atoms with Crippen LogP contribution < -0.4 is 0 Å². The normalized spacial score (nSPS) is 12.4. The molecule has 106 valence electrons. The Bertz CT molecular complexity index is 560.